The Labute approximate surface area is 180 Å². The zero-order valence-corrected chi connectivity index (χ0v) is 18.7. The molecular formula is C25H37N3O2. The van der Waals surface area contributed by atoms with Gasteiger partial charge in [-0.1, -0.05) is 25.5 Å². The molecule has 5 heteroatoms. The van der Waals surface area contributed by atoms with Gasteiger partial charge in [0.25, 0.3) is 0 Å². The fourth-order valence-corrected chi connectivity index (χ4v) is 5.79. The van der Waals surface area contributed by atoms with Gasteiger partial charge in [-0.25, -0.2) is 4.79 Å². The third-order valence-corrected chi connectivity index (χ3v) is 7.56. The summed E-state index contributed by atoms with van der Waals surface area (Å²) in [6.45, 7) is 9.52. The molecule has 1 aromatic heterocycles. The number of likely N-dealkylation sites (tertiary alicyclic amines) is 1. The third kappa shape index (κ3) is 4.51. The van der Waals surface area contributed by atoms with Crippen LogP contribution in [0.1, 0.15) is 69.7 Å². The minimum atomic E-state index is -0.963. The molecule has 1 aliphatic heterocycles. The Morgan fingerprint density at radius 1 is 1.07 bits per heavy atom. The maximum absolute atomic E-state index is 11.1. The highest BCUT2D eigenvalue weighted by atomic mass is 16.4. The number of hydrogen-bond acceptors (Lipinski definition) is 2. The minimum Gasteiger partial charge on any atom is -0.465 e. The maximum atomic E-state index is 11.1. The summed E-state index contributed by atoms with van der Waals surface area (Å²) >= 11 is 0. The van der Waals surface area contributed by atoms with Crippen LogP contribution in [0, 0.1) is 18.8 Å². The SMILES string of the molecule is Cc1ccc2c(c1)cc(CNC(=O)O)n2C1CCN(C2CCC(C(C)C)CC2)CC1. The zero-order valence-electron chi connectivity index (χ0n) is 18.7. The summed E-state index contributed by atoms with van der Waals surface area (Å²) in [4.78, 5) is 13.8. The Kier molecular flexibility index (Phi) is 6.37. The summed E-state index contributed by atoms with van der Waals surface area (Å²) < 4.78 is 2.41. The van der Waals surface area contributed by atoms with Crippen molar-refractivity contribution < 1.29 is 9.90 Å². The van der Waals surface area contributed by atoms with Crippen molar-refractivity contribution in [2.24, 2.45) is 11.8 Å². The number of fused-ring (bicyclic) bond motifs is 1. The molecule has 2 N–H and O–H groups in total. The van der Waals surface area contributed by atoms with Gasteiger partial charge in [0.1, 0.15) is 0 Å². The van der Waals surface area contributed by atoms with E-state index in [-0.39, 0.29) is 0 Å². The molecule has 1 amide bonds. The Bertz CT molecular complexity index is 872. The number of nitrogens with one attached hydrogen (secondary N) is 1. The first-order chi connectivity index (χ1) is 14.4. The van der Waals surface area contributed by atoms with Crippen molar-refractivity contribution in [3.63, 3.8) is 0 Å². The summed E-state index contributed by atoms with van der Waals surface area (Å²) in [5, 5.41) is 12.9. The van der Waals surface area contributed by atoms with Gasteiger partial charge >= 0.3 is 6.09 Å². The van der Waals surface area contributed by atoms with Crippen LogP contribution in [0.5, 0.6) is 0 Å². The van der Waals surface area contributed by atoms with Crippen molar-refractivity contribution in [3.8, 4) is 0 Å². The topological polar surface area (TPSA) is 57.5 Å². The number of nitrogens with zero attached hydrogens (tertiary/aromatic N) is 2. The number of benzene rings is 1. The average molecular weight is 412 g/mol. The Morgan fingerprint density at radius 3 is 2.40 bits per heavy atom. The monoisotopic (exact) mass is 411 g/mol. The van der Waals surface area contributed by atoms with E-state index in [9.17, 15) is 4.79 Å². The van der Waals surface area contributed by atoms with Gasteiger partial charge in [0.15, 0.2) is 0 Å². The summed E-state index contributed by atoms with van der Waals surface area (Å²) in [6, 6.07) is 9.94. The number of hydrogen-bond donors (Lipinski definition) is 2. The van der Waals surface area contributed by atoms with Crippen LogP contribution in [-0.4, -0.2) is 39.8 Å². The lowest BCUT2D eigenvalue weighted by atomic mass is 9.79. The molecule has 0 bridgehead atoms. The van der Waals surface area contributed by atoms with Crippen LogP contribution in [0.3, 0.4) is 0 Å². The van der Waals surface area contributed by atoms with Crippen molar-refractivity contribution in [1.29, 1.82) is 0 Å². The van der Waals surface area contributed by atoms with Crippen LogP contribution in [0.15, 0.2) is 24.3 Å². The Hall–Kier alpha value is -2.01. The number of piperidine rings is 1. The molecule has 0 atom stereocenters. The molecule has 2 heterocycles. The smallest absolute Gasteiger partial charge is 0.404 e. The van der Waals surface area contributed by atoms with Crippen molar-refractivity contribution in [2.45, 2.75) is 77.9 Å². The maximum Gasteiger partial charge on any atom is 0.404 e. The molecule has 2 aromatic rings. The zero-order chi connectivity index (χ0) is 21.3. The molecule has 0 spiro atoms. The van der Waals surface area contributed by atoms with E-state index in [4.69, 9.17) is 5.11 Å². The van der Waals surface area contributed by atoms with Gasteiger partial charge in [-0.2, -0.15) is 0 Å². The summed E-state index contributed by atoms with van der Waals surface area (Å²) in [5.41, 5.74) is 3.55. The molecule has 2 aliphatic rings. The standard InChI is InChI=1S/C25H37N3O2/c1-17(2)19-5-7-21(8-6-19)27-12-10-22(11-13-27)28-23(16-26-25(29)30)15-20-14-18(3)4-9-24(20)28/h4,9,14-15,17,19,21-22,26H,5-8,10-13,16H2,1-3H3,(H,29,30). The van der Waals surface area contributed by atoms with E-state index in [1.165, 1.54) is 42.1 Å². The average Bonchev–Trinajstić information content (AvgIpc) is 3.09. The van der Waals surface area contributed by atoms with E-state index in [0.29, 0.717) is 12.6 Å². The Balaban J connectivity index is 1.46. The minimum absolute atomic E-state index is 0.364. The molecule has 4 rings (SSSR count). The summed E-state index contributed by atoms with van der Waals surface area (Å²) in [6.07, 6.45) is 6.79. The molecule has 2 fully saturated rings. The number of amides is 1. The van der Waals surface area contributed by atoms with E-state index in [0.717, 1.165) is 49.5 Å². The Morgan fingerprint density at radius 2 is 1.77 bits per heavy atom. The first kappa shape index (κ1) is 21.2. The molecular weight excluding hydrogens is 374 g/mol. The van der Waals surface area contributed by atoms with Crippen molar-refractivity contribution in [1.82, 2.24) is 14.8 Å². The van der Waals surface area contributed by atoms with E-state index < -0.39 is 6.09 Å². The molecule has 1 saturated heterocycles. The first-order valence-corrected chi connectivity index (χ1v) is 11.7. The largest absolute Gasteiger partial charge is 0.465 e. The number of carbonyl (C=O) groups is 1. The highest BCUT2D eigenvalue weighted by Gasteiger charge is 2.31. The van der Waals surface area contributed by atoms with Crippen LogP contribution in [0.25, 0.3) is 10.9 Å². The lowest BCUT2D eigenvalue weighted by molar-refractivity contribution is 0.0889. The highest BCUT2D eigenvalue weighted by molar-refractivity contribution is 5.82. The third-order valence-electron chi connectivity index (χ3n) is 7.56. The molecule has 1 saturated carbocycles. The fraction of sp³-hybridized carbons (Fsp3) is 0.640. The second-order valence-corrected chi connectivity index (χ2v) is 9.81. The lowest BCUT2D eigenvalue weighted by Crippen LogP contribution is -2.44. The van der Waals surface area contributed by atoms with Gasteiger partial charge in [0.05, 0.1) is 6.54 Å². The van der Waals surface area contributed by atoms with Crippen LogP contribution in [0.4, 0.5) is 4.79 Å². The molecule has 1 aromatic carbocycles. The van der Waals surface area contributed by atoms with Crippen molar-refractivity contribution >= 4 is 17.0 Å². The van der Waals surface area contributed by atoms with E-state index in [1.807, 2.05) is 0 Å². The predicted molar refractivity (Wildman–Crippen MR) is 122 cm³/mol. The van der Waals surface area contributed by atoms with E-state index in [2.05, 4.69) is 59.8 Å². The number of carboxylic acid groups (broad SMARTS) is 1. The second kappa shape index (κ2) is 9.01. The number of aromatic nitrogens is 1. The predicted octanol–water partition coefficient (Wildman–Crippen LogP) is 5.57. The van der Waals surface area contributed by atoms with Crippen molar-refractivity contribution in [2.75, 3.05) is 13.1 Å². The number of aryl methyl sites for hydroxylation is 1. The lowest BCUT2D eigenvalue weighted by Gasteiger charge is -2.42. The van der Waals surface area contributed by atoms with Crippen LogP contribution in [-0.2, 0) is 6.54 Å². The summed E-state index contributed by atoms with van der Waals surface area (Å²) in [5.74, 6) is 1.73. The van der Waals surface area contributed by atoms with Crippen LogP contribution >= 0.6 is 0 Å². The second-order valence-electron chi connectivity index (χ2n) is 9.81. The first-order valence-electron chi connectivity index (χ1n) is 11.7. The van der Waals surface area contributed by atoms with Crippen LogP contribution in [0.2, 0.25) is 0 Å². The molecule has 1 aliphatic carbocycles. The molecule has 30 heavy (non-hydrogen) atoms. The van der Waals surface area contributed by atoms with Gasteiger partial charge in [0, 0.05) is 41.8 Å². The van der Waals surface area contributed by atoms with Gasteiger partial charge in [-0.3, -0.25) is 0 Å². The highest BCUT2D eigenvalue weighted by Crippen LogP contribution is 2.36. The van der Waals surface area contributed by atoms with E-state index in [1.54, 1.807) is 0 Å². The molecule has 164 valence electrons. The van der Waals surface area contributed by atoms with Gasteiger partial charge in [0.2, 0.25) is 0 Å². The molecule has 0 radical (unpaired) electrons. The van der Waals surface area contributed by atoms with Crippen molar-refractivity contribution in [3.05, 3.63) is 35.5 Å². The normalized spacial score (nSPS) is 23.9. The fourth-order valence-electron chi connectivity index (χ4n) is 5.79. The van der Waals surface area contributed by atoms with Gasteiger partial charge in [-0.05, 0) is 75.5 Å². The number of rotatable bonds is 5. The van der Waals surface area contributed by atoms with Crippen LogP contribution < -0.4 is 5.32 Å². The van der Waals surface area contributed by atoms with Gasteiger partial charge < -0.3 is 19.9 Å². The van der Waals surface area contributed by atoms with Gasteiger partial charge in [-0.15, -0.1) is 0 Å². The van der Waals surface area contributed by atoms with E-state index >= 15 is 0 Å². The quantitative estimate of drug-likeness (QED) is 0.676. The molecule has 0 unspecified atom stereocenters. The summed E-state index contributed by atoms with van der Waals surface area (Å²) in [7, 11) is 0. The molecule has 5 nitrogen and oxygen atoms in total.